The van der Waals surface area contributed by atoms with Crippen molar-refractivity contribution in [2.45, 2.75) is 12.8 Å². The molecule has 13 heavy (non-hydrogen) atoms. The smallest absolute Gasteiger partial charge is 0.283 e. The third-order valence-corrected chi connectivity index (χ3v) is 2.44. The molecule has 1 fully saturated rings. The van der Waals surface area contributed by atoms with Crippen LogP contribution in [0.25, 0.3) is 0 Å². The lowest BCUT2D eigenvalue weighted by atomic mass is 10.4. The Labute approximate surface area is 80.1 Å². The van der Waals surface area contributed by atoms with E-state index in [0.717, 1.165) is 37.7 Å². The first-order valence-corrected chi connectivity index (χ1v) is 4.93. The van der Waals surface area contributed by atoms with Crippen molar-refractivity contribution >= 4 is 17.6 Å². The zero-order valence-electron chi connectivity index (χ0n) is 7.06. The van der Waals surface area contributed by atoms with Crippen LogP contribution in [0.4, 0.5) is 0 Å². The molecule has 70 valence electrons. The summed E-state index contributed by atoms with van der Waals surface area (Å²) in [5.74, 6) is -0.157. The maximum atomic E-state index is 11.4. The highest BCUT2D eigenvalue weighted by Gasteiger charge is 2.16. The normalized spacial score (nSPS) is 17.5. The van der Waals surface area contributed by atoms with E-state index in [1.807, 2.05) is 5.01 Å². The highest BCUT2D eigenvalue weighted by Crippen LogP contribution is 2.04. The minimum atomic E-state index is -0.157. The zero-order chi connectivity index (χ0) is 9.10. The predicted octanol–water partition coefficient (Wildman–Crippen LogP) is 0.279. The van der Waals surface area contributed by atoms with Gasteiger partial charge in [0.25, 0.3) is 5.91 Å². The number of nitrogens with zero attached hydrogens (tertiary/aromatic N) is 3. The predicted molar refractivity (Wildman–Crippen MR) is 48.2 cm³/mol. The Kier molecular flexibility index (Phi) is 2.51. The van der Waals surface area contributed by atoms with Gasteiger partial charge in [0.2, 0.25) is 0 Å². The lowest BCUT2D eigenvalue weighted by Crippen LogP contribution is -2.40. The number of carbonyl (C=O) groups is 1. The molecule has 2 rings (SSSR count). The Balaban J connectivity index is 1.91. The zero-order valence-corrected chi connectivity index (χ0v) is 7.88. The molecule has 1 amide bonds. The summed E-state index contributed by atoms with van der Waals surface area (Å²) < 4.78 is 7.62. The van der Waals surface area contributed by atoms with E-state index < -0.39 is 0 Å². The van der Waals surface area contributed by atoms with Crippen molar-refractivity contribution in [3.63, 3.8) is 0 Å². The second-order valence-corrected chi connectivity index (χ2v) is 3.48. The Morgan fingerprint density at radius 1 is 1.54 bits per heavy atom. The summed E-state index contributed by atoms with van der Waals surface area (Å²) in [6, 6.07) is 0. The molecule has 1 aliphatic heterocycles. The highest BCUT2D eigenvalue weighted by molar-refractivity contribution is 6.99. The highest BCUT2D eigenvalue weighted by atomic mass is 32.1. The van der Waals surface area contributed by atoms with Gasteiger partial charge in [0.1, 0.15) is 0 Å². The van der Waals surface area contributed by atoms with Crippen LogP contribution < -0.4 is 5.43 Å². The molecule has 1 aliphatic rings. The number of carbonyl (C=O) groups excluding carboxylic acids is 1. The molecular formula is C7H10N4OS. The Bertz CT molecular complexity index is 281. The van der Waals surface area contributed by atoms with Gasteiger partial charge >= 0.3 is 0 Å². The van der Waals surface area contributed by atoms with E-state index in [1.165, 1.54) is 6.20 Å². The van der Waals surface area contributed by atoms with Crippen molar-refractivity contribution in [1.29, 1.82) is 0 Å². The number of hydrogen-bond donors (Lipinski definition) is 1. The fourth-order valence-corrected chi connectivity index (χ4v) is 1.71. The molecule has 1 aromatic rings. The Morgan fingerprint density at radius 2 is 2.31 bits per heavy atom. The van der Waals surface area contributed by atoms with Crippen molar-refractivity contribution < 1.29 is 4.79 Å². The van der Waals surface area contributed by atoms with Crippen LogP contribution in [-0.2, 0) is 0 Å². The number of nitrogens with one attached hydrogen (secondary N) is 1. The van der Waals surface area contributed by atoms with Gasteiger partial charge in [-0.05, 0) is 12.8 Å². The van der Waals surface area contributed by atoms with Crippen molar-refractivity contribution in [3.05, 3.63) is 11.9 Å². The summed E-state index contributed by atoms with van der Waals surface area (Å²) in [5, 5.41) is 1.92. The van der Waals surface area contributed by atoms with Gasteiger partial charge in [-0.2, -0.15) is 8.75 Å². The van der Waals surface area contributed by atoms with Crippen LogP contribution in [0.2, 0.25) is 0 Å². The van der Waals surface area contributed by atoms with Crippen LogP contribution in [0.15, 0.2) is 6.20 Å². The second kappa shape index (κ2) is 3.80. The SMILES string of the molecule is O=C(NN1CCCC1)c1cnsn1. The molecular weight excluding hydrogens is 188 g/mol. The third kappa shape index (κ3) is 2.02. The van der Waals surface area contributed by atoms with Gasteiger partial charge < -0.3 is 0 Å². The number of hydrogen-bond acceptors (Lipinski definition) is 5. The average molecular weight is 198 g/mol. The van der Waals surface area contributed by atoms with Crippen LogP contribution in [-0.4, -0.2) is 32.8 Å². The van der Waals surface area contributed by atoms with Crippen LogP contribution >= 0.6 is 11.7 Å². The quantitative estimate of drug-likeness (QED) is 0.741. The topological polar surface area (TPSA) is 58.1 Å². The first kappa shape index (κ1) is 8.58. The van der Waals surface area contributed by atoms with E-state index in [-0.39, 0.29) is 5.91 Å². The molecule has 5 nitrogen and oxygen atoms in total. The van der Waals surface area contributed by atoms with Crippen molar-refractivity contribution in [2.75, 3.05) is 13.1 Å². The van der Waals surface area contributed by atoms with Crippen molar-refractivity contribution in [2.24, 2.45) is 0 Å². The fourth-order valence-electron chi connectivity index (χ4n) is 1.29. The number of amides is 1. The van der Waals surface area contributed by atoms with Gasteiger partial charge in [0.15, 0.2) is 5.69 Å². The van der Waals surface area contributed by atoms with Crippen LogP contribution in [0.3, 0.4) is 0 Å². The summed E-state index contributed by atoms with van der Waals surface area (Å²) in [6.07, 6.45) is 3.78. The van der Waals surface area contributed by atoms with Crippen LogP contribution in [0.1, 0.15) is 23.3 Å². The molecule has 2 heterocycles. The van der Waals surface area contributed by atoms with E-state index in [0.29, 0.717) is 5.69 Å². The maximum absolute atomic E-state index is 11.4. The van der Waals surface area contributed by atoms with E-state index in [9.17, 15) is 4.79 Å². The van der Waals surface area contributed by atoms with E-state index in [4.69, 9.17) is 0 Å². The molecule has 0 atom stereocenters. The minimum Gasteiger partial charge on any atom is -0.283 e. The molecule has 0 spiro atoms. The van der Waals surface area contributed by atoms with Gasteiger partial charge in [-0.3, -0.25) is 10.2 Å². The Hall–Kier alpha value is -1.01. The monoisotopic (exact) mass is 198 g/mol. The largest absolute Gasteiger partial charge is 0.286 e. The molecule has 0 aliphatic carbocycles. The van der Waals surface area contributed by atoms with Crippen molar-refractivity contribution in [1.82, 2.24) is 19.2 Å². The van der Waals surface area contributed by atoms with E-state index >= 15 is 0 Å². The summed E-state index contributed by atoms with van der Waals surface area (Å²) >= 11 is 1.05. The maximum Gasteiger partial charge on any atom is 0.286 e. The molecule has 1 aromatic heterocycles. The summed E-state index contributed by atoms with van der Waals surface area (Å²) in [4.78, 5) is 11.4. The molecule has 1 saturated heterocycles. The molecule has 0 bridgehead atoms. The number of aromatic nitrogens is 2. The van der Waals surface area contributed by atoms with Crippen LogP contribution in [0, 0.1) is 0 Å². The standard InChI is InChI=1S/C7H10N4OS/c12-7(6-5-8-13-10-6)9-11-3-1-2-4-11/h5H,1-4H2,(H,9,12). The van der Waals surface area contributed by atoms with Crippen molar-refractivity contribution in [3.8, 4) is 0 Å². The lowest BCUT2D eigenvalue weighted by Gasteiger charge is -2.14. The first-order valence-electron chi connectivity index (χ1n) is 4.20. The molecule has 1 N–H and O–H groups in total. The van der Waals surface area contributed by atoms with Gasteiger partial charge in [-0.1, -0.05) is 0 Å². The molecule has 0 saturated carbocycles. The lowest BCUT2D eigenvalue weighted by molar-refractivity contribution is 0.0821. The number of hydrazine groups is 1. The van der Waals surface area contributed by atoms with Gasteiger partial charge in [-0.25, -0.2) is 5.01 Å². The van der Waals surface area contributed by atoms with Gasteiger partial charge in [0, 0.05) is 13.1 Å². The van der Waals surface area contributed by atoms with Gasteiger partial charge in [-0.15, -0.1) is 0 Å². The minimum absolute atomic E-state index is 0.157. The first-order chi connectivity index (χ1) is 6.36. The summed E-state index contributed by atoms with van der Waals surface area (Å²) in [7, 11) is 0. The Morgan fingerprint density at radius 3 is 2.92 bits per heavy atom. The summed E-state index contributed by atoms with van der Waals surface area (Å²) in [6.45, 7) is 1.87. The molecule has 0 radical (unpaired) electrons. The van der Waals surface area contributed by atoms with Gasteiger partial charge in [0.05, 0.1) is 17.9 Å². The van der Waals surface area contributed by atoms with E-state index in [1.54, 1.807) is 0 Å². The molecule has 0 unspecified atom stereocenters. The fraction of sp³-hybridized carbons (Fsp3) is 0.571. The summed E-state index contributed by atoms with van der Waals surface area (Å²) in [5.41, 5.74) is 3.18. The molecule has 6 heteroatoms. The van der Waals surface area contributed by atoms with Crippen LogP contribution in [0.5, 0.6) is 0 Å². The second-order valence-electron chi connectivity index (χ2n) is 2.93. The average Bonchev–Trinajstić information content (AvgIpc) is 2.74. The van der Waals surface area contributed by atoms with E-state index in [2.05, 4.69) is 14.2 Å². The molecule has 0 aromatic carbocycles. The number of rotatable bonds is 2. The third-order valence-electron chi connectivity index (χ3n) is 1.96.